The molecule has 0 unspecified atom stereocenters. The van der Waals surface area contributed by atoms with Crippen LogP contribution in [0.25, 0.3) is 11.0 Å². The van der Waals surface area contributed by atoms with E-state index < -0.39 is 9.84 Å². The second-order valence-corrected chi connectivity index (χ2v) is 12.3. The van der Waals surface area contributed by atoms with E-state index in [1.165, 1.54) is 12.7 Å². The molecule has 10 nitrogen and oxygen atoms in total. The molecule has 1 amide bonds. The Morgan fingerprint density at radius 1 is 1.05 bits per heavy atom. The van der Waals surface area contributed by atoms with Crippen LogP contribution >= 0.6 is 0 Å². The Morgan fingerprint density at radius 2 is 1.79 bits per heavy atom. The number of nitrogens with zero attached hydrogens (tertiary/aromatic N) is 5. The first kappa shape index (κ1) is 26.6. The van der Waals surface area contributed by atoms with Gasteiger partial charge in [0, 0.05) is 43.8 Å². The molecular weight excluding hydrogens is 514 g/mol. The second-order valence-electron chi connectivity index (χ2n) is 10.2. The molecule has 2 aromatic carbocycles. The molecule has 0 aliphatic heterocycles. The topological polar surface area (TPSA) is 122 Å². The maximum Gasteiger partial charge on any atom is 0.229 e. The molecule has 2 heterocycles. The van der Waals surface area contributed by atoms with Gasteiger partial charge in [-0.05, 0) is 54.8 Å². The third-order valence-corrected chi connectivity index (χ3v) is 7.94. The Balaban J connectivity index is 1.31. The number of aromatic nitrogens is 4. The zero-order valence-corrected chi connectivity index (χ0v) is 23.2. The van der Waals surface area contributed by atoms with E-state index in [2.05, 4.69) is 20.6 Å². The van der Waals surface area contributed by atoms with Crippen molar-refractivity contribution in [1.82, 2.24) is 19.5 Å². The van der Waals surface area contributed by atoms with Gasteiger partial charge < -0.3 is 14.8 Å². The largest absolute Gasteiger partial charge is 0.329 e. The number of hydrogen-bond donors (Lipinski definition) is 2. The van der Waals surface area contributed by atoms with Crippen LogP contribution in [0, 0.1) is 5.92 Å². The van der Waals surface area contributed by atoms with Crippen molar-refractivity contribution in [2.24, 2.45) is 13.0 Å². The lowest BCUT2D eigenvalue weighted by Crippen LogP contribution is -2.26. The van der Waals surface area contributed by atoms with E-state index in [4.69, 9.17) is 4.98 Å². The van der Waals surface area contributed by atoms with Crippen molar-refractivity contribution in [2.75, 3.05) is 28.8 Å². The minimum absolute atomic E-state index is 0.000936. The van der Waals surface area contributed by atoms with Crippen molar-refractivity contribution in [3.8, 4) is 0 Å². The second kappa shape index (κ2) is 11.0. The number of sulfone groups is 1. The summed E-state index contributed by atoms with van der Waals surface area (Å²) in [5.74, 6) is 1.77. The van der Waals surface area contributed by atoms with E-state index >= 15 is 0 Å². The molecule has 1 aliphatic carbocycles. The minimum Gasteiger partial charge on any atom is -0.329 e. The van der Waals surface area contributed by atoms with Gasteiger partial charge in [-0.25, -0.2) is 18.4 Å². The Morgan fingerprint density at radius 3 is 2.51 bits per heavy atom. The molecule has 0 bridgehead atoms. The van der Waals surface area contributed by atoms with Gasteiger partial charge in [0.15, 0.2) is 9.84 Å². The van der Waals surface area contributed by atoms with Gasteiger partial charge in [-0.1, -0.05) is 31.4 Å². The quantitative estimate of drug-likeness (QED) is 0.318. The number of aryl methyl sites for hydroxylation is 1. The molecule has 2 N–H and O–H groups in total. The van der Waals surface area contributed by atoms with Crippen molar-refractivity contribution in [3.05, 3.63) is 60.3 Å². The Bertz CT molecular complexity index is 1590. The monoisotopic (exact) mass is 547 g/mol. The lowest BCUT2D eigenvalue weighted by molar-refractivity contribution is -0.120. The predicted octanol–water partition coefficient (Wildman–Crippen LogP) is 4.94. The molecule has 204 valence electrons. The molecule has 0 saturated heterocycles. The number of fused-ring (bicyclic) bond motifs is 1. The standard InChI is InChI=1S/C28H33N7O3S/c1-34(25-15-16-29-27(32-25)30-21-11-9-19(10-12-21)18-39(3,37)38)22-13-14-24-23(17-22)31-28(35(24)2)33-26(36)20-7-5-4-6-8-20/h9-17,20H,4-8,18H2,1-3H3,(H,29,30,32)(H,31,33,36). The van der Waals surface area contributed by atoms with Gasteiger partial charge in [-0.2, -0.15) is 4.98 Å². The Hall–Kier alpha value is -3.99. The smallest absolute Gasteiger partial charge is 0.229 e. The highest BCUT2D eigenvalue weighted by Gasteiger charge is 2.23. The minimum atomic E-state index is -3.09. The average Bonchev–Trinajstić information content (AvgIpc) is 3.23. The van der Waals surface area contributed by atoms with Crippen LogP contribution in [0.15, 0.2) is 54.7 Å². The summed E-state index contributed by atoms with van der Waals surface area (Å²) in [6, 6.07) is 14.9. The van der Waals surface area contributed by atoms with E-state index in [1.54, 1.807) is 30.5 Å². The van der Waals surface area contributed by atoms with Gasteiger partial charge in [-0.15, -0.1) is 0 Å². The van der Waals surface area contributed by atoms with E-state index in [9.17, 15) is 13.2 Å². The van der Waals surface area contributed by atoms with E-state index in [0.29, 0.717) is 17.7 Å². The highest BCUT2D eigenvalue weighted by molar-refractivity contribution is 7.89. The molecule has 0 spiro atoms. The molecule has 11 heteroatoms. The van der Waals surface area contributed by atoms with E-state index in [-0.39, 0.29) is 17.6 Å². The number of anilines is 5. The lowest BCUT2D eigenvalue weighted by Gasteiger charge is -2.20. The summed E-state index contributed by atoms with van der Waals surface area (Å²) in [7, 11) is 0.736. The third-order valence-electron chi connectivity index (χ3n) is 7.09. The molecule has 2 aromatic heterocycles. The first-order valence-electron chi connectivity index (χ1n) is 13.0. The number of hydrogen-bond acceptors (Lipinski definition) is 8. The van der Waals surface area contributed by atoms with Gasteiger partial charge in [0.05, 0.1) is 16.8 Å². The fourth-order valence-corrected chi connectivity index (χ4v) is 5.73. The van der Waals surface area contributed by atoms with Crippen LogP contribution in [0.3, 0.4) is 0 Å². The van der Waals surface area contributed by atoms with Crippen LogP contribution in [-0.2, 0) is 27.4 Å². The van der Waals surface area contributed by atoms with Crippen molar-refractivity contribution in [3.63, 3.8) is 0 Å². The first-order chi connectivity index (χ1) is 18.7. The predicted molar refractivity (Wildman–Crippen MR) is 154 cm³/mol. The van der Waals surface area contributed by atoms with Gasteiger partial charge in [-0.3, -0.25) is 10.1 Å². The molecular formula is C28H33N7O3S. The van der Waals surface area contributed by atoms with E-state index in [0.717, 1.165) is 53.7 Å². The van der Waals surface area contributed by atoms with Gasteiger partial charge >= 0.3 is 0 Å². The fourth-order valence-electron chi connectivity index (χ4n) is 4.93. The highest BCUT2D eigenvalue weighted by atomic mass is 32.2. The number of carbonyl (C=O) groups is 1. The molecule has 0 radical (unpaired) electrons. The summed E-state index contributed by atoms with van der Waals surface area (Å²) in [6.45, 7) is 0. The first-order valence-corrected chi connectivity index (χ1v) is 15.1. The number of imidazole rings is 1. The average molecular weight is 548 g/mol. The maximum atomic E-state index is 12.8. The number of carbonyl (C=O) groups excluding carboxylic acids is 1. The summed E-state index contributed by atoms with van der Waals surface area (Å²) in [4.78, 5) is 28.4. The molecule has 1 fully saturated rings. The summed E-state index contributed by atoms with van der Waals surface area (Å²) in [5, 5.41) is 6.21. The van der Waals surface area contributed by atoms with E-state index in [1.807, 2.05) is 47.8 Å². The van der Waals surface area contributed by atoms with Crippen LogP contribution in [-0.4, -0.2) is 47.1 Å². The SMILES string of the molecule is CN(c1ccc2c(c1)nc(NC(=O)C1CCCCC1)n2C)c1ccnc(Nc2ccc(CS(C)(=O)=O)cc2)n1. The van der Waals surface area contributed by atoms with Crippen LogP contribution in [0.1, 0.15) is 37.7 Å². The molecule has 1 aliphatic rings. The zero-order valence-electron chi connectivity index (χ0n) is 22.4. The maximum absolute atomic E-state index is 12.8. The molecule has 4 aromatic rings. The normalized spacial score (nSPS) is 14.3. The van der Waals surface area contributed by atoms with Gasteiger partial charge in [0.2, 0.25) is 17.8 Å². The molecule has 0 atom stereocenters. The number of benzene rings is 2. The van der Waals surface area contributed by atoms with Crippen LogP contribution < -0.4 is 15.5 Å². The van der Waals surface area contributed by atoms with Crippen LogP contribution in [0.4, 0.5) is 29.1 Å². The summed E-state index contributed by atoms with van der Waals surface area (Å²) in [5.41, 5.74) is 4.07. The van der Waals surface area contributed by atoms with Crippen molar-refractivity contribution < 1.29 is 13.2 Å². The van der Waals surface area contributed by atoms with Gasteiger partial charge in [0.1, 0.15) is 5.82 Å². The number of nitrogens with one attached hydrogen (secondary N) is 2. The fraction of sp³-hybridized carbons (Fsp3) is 0.357. The van der Waals surface area contributed by atoms with Crippen molar-refractivity contribution in [2.45, 2.75) is 37.9 Å². The lowest BCUT2D eigenvalue weighted by atomic mass is 9.89. The zero-order chi connectivity index (χ0) is 27.6. The summed E-state index contributed by atoms with van der Waals surface area (Å²) < 4.78 is 25.0. The van der Waals surface area contributed by atoms with Gasteiger partial charge in [0.25, 0.3) is 0 Å². The summed E-state index contributed by atoms with van der Waals surface area (Å²) in [6.07, 6.45) is 8.19. The number of rotatable bonds is 8. The van der Waals surface area contributed by atoms with Crippen LogP contribution in [0.5, 0.6) is 0 Å². The molecule has 5 rings (SSSR count). The summed E-state index contributed by atoms with van der Waals surface area (Å²) >= 11 is 0. The third kappa shape index (κ3) is 6.36. The highest BCUT2D eigenvalue weighted by Crippen LogP contribution is 2.29. The number of amides is 1. The van der Waals surface area contributed by atoms with Crippen molar-refractivity contribution >= 4 is 55.9 Å². The van der Waals surface area contributed by atoms with Crippen molar-refractivity contribution in [1.29, 1.82) is 0 Å². The molecule has 1 saturated carbocycles. The molecule has 39 heavy (non-hydrogen) atoms. The van der Waals surface area contributed by atoms with Crippen LogP contribution in [0.2, 0.25) is 0 Å². The Labute approximate surface area is 228 Å². The Kier molecular flexibility index (Phi) is 7.51.